The maximum absolute atomic E-state index is 13.1. The second-order valence-corrected chi connectivity index (χ2v) is 10.2. The molecule has 0 saturated carbocycles. The van der Waals surface area contributed by atoms with E-state index in [0.29, 0.717) is 5.69 Å². The Morgan fingerprint density at radius 1 is 0.972 bits per heavy atom. The van der Waals surface area contributed by atoms with Gasteiger partial charge in [-0.3, -0.25) is 4.79 Å². The summed E-state index contributed by atoms with van der Waals surface area (Å²) in [5.41, 5.74) is 6.02. The Labute approximate surface area is 211 Å². The van der Waals surface area contributed by atoms with Gasteiger partial charge in [0.1, 0.15) is 0 Å². The molecular formula is C30H29N3O3. The van der Waals surface area contributed by atoms with Crippen molar-refractivity contribution in [2.45, 2.75) is 39.0 Å². The van der Waals surface area contributed by atoms with E-state index in [9.17, 15) is 14.7 Å². The molecule has 2 aliphatic heterocycles. The smallest absolute Gasteiger partial charge is 0.357 e. The highest BCUT2D eigenvalue weighted by molar-refractivity contribution is 6.53. The predicted molar refractivity (Wildman–Crippen MR) is 144 cm³/mol. The Bertz CT molecular complexity index is 1380. The molecule has 6 nitrogen and oxygen atoms in total. The molecule has 0 unspecified atom stereocenters. The van der Waals surface area contributed by atoms with Crippen LogP contribution in [0.3, 0.4) is 0 Å². The van der Waals surface area contributed by atoms with Gasteiger partial charge >= 0.3 is 5.97 Å². The molecule has 2 heterocycles. The van der Waals surface area contributed by atoms with Crippen molar-refractivity contribution in [3.8, 4) is 0 Å². The zero-order valence-electron chi connectivity index (χ0n) is 20.7. The van der Waals surface area contributed by atoms with Crippen LogP contribution in [0, 0.1) is 0 Å². The maximum atomic E-state index is 13.1. The second kappa shape index (κ2) is 9.11. The van der Waals surface area contributed by atoms with E-state index in [4.69, 9.17) is 0 Å². The van der Waals surface area contributed by atoms with Gasteiger partial charge < -0.3 is 10.0 Å². The fraction of sp³-hybridized carbons (Fsp3) is 0.233. The van der Waals surface area contributed by atoms with Gasteiger partial charge in [0.05, 0.1) is 11.3 Å². The van der Waals surface area contributed by atoms with Crippen molar-refractivity contribution in [1.82, 2.24) is 0 Å². The minimum absolute atomic E-state index is 0.0803. The lowest BCUT2D eigenvalue weighted by Crippen LogP contribution is -2.24. The number of carboxylic acid groups (broad SMARTS) is 1. The fourth-order valence-corrected chi connectivity index (χ4v) is 4.73. The van der Waals surface area contributed by atoms with E-state index in [-0.39, 0.29) is 16.7 Å². The molecule has 5 rings (SSSR count). The maximum Gasteiger partial charge on any atom is 0.357 e. The number of anilines is 3. The normalized spacial score (nSPS) is 16.8. The van der Waals surface area contributed by atoms with Crippen molar-refractivity contribution in [3.63, 3.8) is 0 Å². The van der Waals surface area contributed by atoms with Crippen molar-refractivity contribution < 1.29 is 14.7 Å². The summed E-state index contributed by atoms with van der Waals surface area (Å²) in [5.74, 6) is -1.67. The molecule has 0 bridgehead atoms. The van der Waals surface area contributed by atoms with Gasteiger partial charge in [0.25, 0.3) is 5.91 Å². The Morgan fingerprint density at radius 3 is 2.36 bits per heavy atom. The highest BCUT2D eigenvalue weighted by atomic mass is 16.4. The minimum Gasteiger partial charge on any atom is -0.476 e. The molecule has 2 aliphatic rings. The average Bonchev–Trinajstić information content (AvgIpc) is 3.20. The first-order valence-electron chi connectivity index (χ1n) is 12.2. The van der Waals surface area contributed by atoms with Crippen LogP contribution >= 0.6 is 0 Å². The Balaban J connectivity index is 1.46. The molecule has 0 saturated heterocycles. The first kappa shape index (κ1) is 23.5. The van der Waals surface area contributed by atoms with Crippen LogP contribution in [0.2, 0.25) is 0 Å². The number of hydrogen-bond donors (Lipinski definition) is 1. The number of hydrazone groups is 1. The Hall–Kier alpha value is -4.19. The number of hydrogen-bond acceptors (Lipinski definition) is 4. The number of aliphatic carboxylic acids is 1. The number of amides is 1. The van der Waals surface area contributed by atoms with Crippen molar-refractivity contribution >= 4 is 40.7 Å². The third kappa shape index (κ3) is 4.42. The summed E-state index contributed by atoms with van der Waals surface area (Å²) in [4.78, 5) is 27.3. The second-order valence-electron chi connectivity index (χ2n) is 10.2. The summed E-state index contributed by atoms with van der Waals surface area (Å²) < 4.78 is 0. The van der Waals surface area contributed by atoms with E-state index in [2.05, 4.69) is 67.2 Å². The van der Waals surface area contributed by atoms with Crippen molar-refractivity contribution in [3.05, 3.63) is 95.1 Å². The van der Waals surface area contributed by atoms with E-state index in [1.165, 1.54) is 11.1 Å². The fourth-order valence-electron chi connectivity index (χ4n) is 4.73. The van der Waals surface area contributed by atoms with Crippen molar-refractivity contribution in [2.75, 3.05) is 16.5 Å². The first-order chi connectivity index (χ1) is 17.2. The number of para-hydroxylation sites is 1. The number of carbonyl (C=O) groups is 2. The van der Waals surface area contributed by atoms with Gasteiger partial charge in [0.2, 0.25) is 0 Å². The van der Waals surface area contributed by atoms with E-state index < -0.39 is 11.9 Å². The van der Waals surface area contributed by atoms with E-state index >= 15 is 0 Å². The zero-order valence-corrected chi connectivity index (χ0v) is 20.7. The molecule has 0 fully saturated rings. The minimum atomic E-state index is -1.23. The third-order valence-corrected chi connectivity index (χ3v) is 6.66. The highest BCUT2D eigenvalue weighted by Gasteiger charge is 2.35. The van der Waals surface area contributed by atoms with Crippen molar-refractivity contribution in [2.24, 2.45) is 5.10 Å². The van der Waals surface area contributed by atoms with Gasteiger partial charge in [-0.15, -0.1) is 0 Å². The summed E-state index contributed by atoms with van der Waals surface area (Å²) in [6.07, 6.45) is 3.57. The van der Waals surface area contributed by atoms with Crippen LogP contribution in [0.1, 0.15) is 43.9 Å². The van der Waals surface area contributed by atoms with Crippen LogP contribution in [0.4, 0.5) is 17.1 Å². The van der Waals surface area contributed by atoms with E-state index in [0.717, 1.165) is 41.3 Å². The number of benzene rings is 3. The monoisotopic (exact) mass is 479 g/mol. The predicted octanol–water partition coefficient (Wildman–Crippen LogP) is 5.94. The molecule has 0 radical (unpaired) electrons. The number of nitrogens with zero attached hydrogens (tertiary/aromatic N) is 3. The van der Waals surface area contributed by atoms with Gasteiger partial charge in [0.15, 0.2) is 5.71 Å². The van der Waals surface area contributed by atoms with Crippen LogP contribution in [0.5, 0.6) is 0 Å². The quantitative estimate of drug-likeness (QED) is 0.470. The van der Waals surface area contributed by atoms with Crippen LogP contribution < -0.4 is 9.91 Å². The van der Waals surface area contributed by atoms with Gasteiger partial charge in [-0.25, -0.2) is 4.79 Å². The SMILES string of the molecule is CC(C)(C)c1ccc(N2CCCc3cc(/C=C4\C(=O)N(c5ccccc5)N=C4C(=O)O)ccc32)cc1. The lowest BCUT2D eigenvalue weighted by molar-refractivity contribution is -0.129. The molecule has 0 spiro atoms. The number of rotatable bonds is 4. The Morgan fingerprint density at radius 2 is 1.69 bits per heavy atom. The molecule has 3 aromatic carbocycles. The van der Waals surface area contributed by atoms with Crippen LogP contribution in [-0.2, 0) is 21.4 Å². The topological polar surface area (TPSA) is 73.2 Å². The lowest BCUT2D eigenvalue weighted by Gasteiger charge is -2.32. The van der Waals surface area contributed by atoms with Crippen molar-refractivity contribution in [1.29, 1.82) is 0 Å². The van der Waals surface area contributed by atoms with Crippen LogP contribution in [0.25, 0.3) is 6.08 Å². The molecule has 1 N–H and O–H groups in total. The molecule has 6 heteroatoms. The zero-order chi connectivity index (χ0) is 25.4. The first-order valence-corrected chi connectivity index (χ1v) is 12.2. The average molecular weight is 480 g/mol. The summed E-state index contributed by atoms with van der Waals surface area (Å²) >= 11 is 0. The summed E-state index contributed by atoms with van der Waals surface area (Å²) in [6.45, 7) is 7.57. The summed E-state index contributed by atoms with van der Waals surface area (Å²) in [7, 11) is 0. The third-order valence-electron chi connectivity index (χ3n) is 6.66. The number of carboxylic acids is 1. The molecule has 3 aromatic rings. The number of aryl methyl sites for hydroxylation is 1. The number of fused-ring (bicyclic) bond motifs is 1. The largest absolute Gasteiger partial charge is 0.476 e. The summed E-state index contributed by atoms with van der Waals surface area (Å²) in [6, 6.07) is 23.6. The highest BCUT2D eigenvalue weighted by Crippen LogP contribution is 2.36. The van der Waals surface area contributed by atoms with E-state index in [1.807, 2.05) is 12.1 Å². The van der Waals surface area contributed by atoms with Crippen LogP contribution in [-0.4, -0.2) is 29.2 Å². The van der Waals surface area contributed by atoms with Gasteiger partial charge in [-0.1, -0.05) is 57.2 Å². The van der Waals surface area contributed by atoms with E-state index in [1.54, 1.807) is 30.3 Å². The molecule has 0 aliphatic carbocycles. The Kier molecular flexibility index (Phi) is 5.96. The molecule has 0 aromatic heterocycles. The lowest BCUT2D eigenvalue weighted by atomic mass is 9.87. The molecule has 0 atom stereocenters. The van der Waals surface area contributed by atoms with Crippen LogP contribution in [0.15, 0.2) is 83.5 Å². The van der Waals surface area contributed by atoms with Gasteiger partial charge in [-0.05, 0) is 77.4 Å². The molecule has 1 amide bonds. The summed E-state index contributed by atoms with van der Waals surface area (Å²) in [5, 5.41) is 15.0. The molecular weight excluding hydrogens is 450 g/mol. The molecule has 182 valence electrons. The van der Waals surface area contributed by atoms with Gasteiger partial charge in [0, 0.05) is 17.9 Å². The van der Waals surface area contributed by atoms with Gasteiger partial charge in [-0.2, -0.15) is 10.1 Å². The molecule has 36 heavy (non-hydrogen) atoms. The number of carbonyl (C=O) groups excluding carboxylic acids is 1. The standard InChI is InChI=1S/C30H29N3O3/c1-30(2,3)22-12-14-23(15-13-22)32-17-7-8-21-18-20(11-16-26(21)32)19-25-27(29(35)36)31-33(28(25)34)24-9-5-4-6-10-24/h4-6,9-16,18-19H,7-8,17H2,1-3H3,(H,35,36)/b25-19-.